The second-order valence-corrected chi connectivity index (χ2v) is 4.24. The summed E-state index contributed by atoms with van der Waals surface area (Å²) in [5.74, 6) is 1.07. The zero-order valence-electron chi connectivity index (χ0n) is 9.05. The van der Waals surface area contributed by atoms with Gasteiger partial charge in [0.15, 0.2) is 0 Å². The highest BCUT2D eigenvalue weighted by Gasteiger charge is 2.03. The van der Waals surface area contributed by atoms with Crippen LogP contribution in [-0.4, -0.2) is 12.4 Å². The standard InChI is InChI=1S/C12H15BrO2/c1-3-15-11-6-7-12(13)10(8-11)5-4-9(2)14/h6-8H,3-5H2,1-2H3. The lowest BCUT2D eigenvalue weighted by Gasteiger charge is -2.07. The van der Waals surface area contributed by atoms with E-state index in [4.69, 9.17) is 4.74 Å². The largest absolute Gasteiger partial charge is 0.494 e. The Labute approximate surface area is 98.8 Å². The van der Waals surface area contributed by atoms with Crippen LogP contribution in [0.5, 0.6) is 5.75 Å². The zero-order valence-corrected chi connectivity index (χ0v) is 10.6. The molecule has 0 spiro atoms. The molecule has 0 fully saturated rings. The van der Waals surface area contributed by atoms with Gasteiger partial charge in [0.2, 0.25) is 0 Å². The first-order valence-corrected chi connectivity index (χ1v) is 5.83. The van der Waals surface area contributed by atoms with Crippen LogP contribution in [0.15, 0.2) is 22.7 Å². The Bertz CT molecular complexity index is 347. The molecule has 15 heavy (non-hydrogen) atoms. The molecule has 0 unspecified atom stereocenters. The third kappa shape index (κ3) is 4.04. The van der Waals surface area contributed by atoms with Crippen molar-refractivity contribution in [1.82, 2.24) is 0 Å². The maximum atomic E-state index is 10.9. The van der Waals surface area contributed by atoms with Crippen LogP contribution in [0.3, 0.4) is 0 Å². The summed E-state index contributed by atoms with van der Waals surface area (Å²) in [4.78, 5) is 10.9. The molecule has 3 heteroatoms. The molecule has 0 radical (unpaired) electrons. The maximum Gasteiger partial charge on any atom is 0.130 e. The smallest absolute Gasteiger partial charge is 0.130 e. The number of Topliss-reactive ketones (excluding diaryl/α,β-unsaturated/α-hetero) is 1. The Morgan fingerprint density at radius 2 is 2.20 bits per heavy atom. The zero-order chi connectivity index (χ0) is 11.3. The SMILES string of the molecule is CCOc1ccc(Br)c(CCC(C)=O)c1. The number of aryl methyl sites for hydroxylation is 1. The topological polar surface area (TPSA) is 26.3 Å². The summed E-state index contributed by atoms with van der Waals surface area (Å²) in [6.07, 6.45) is 1.34. The minimum absolute atomic E-state index is 0.212. The molecule has 0 atom stereocenters. The van der Waals surface area contributed by atoms with Crippen molar-refractivity contribution in [2.24, 2.45) is 0 Å². The number of ketones is 1. The average Bonchev–Trinajstić information content (AvgIpc) is 2.19. The van der Waals surface area contributed by atoms with Crippen molar-refractivity contribution in [2.75, 3.05) is 6.61 Å². The summed E-state index contributed by atoms with van der Waals surface area (Å²) in [6, 6.07) is 5.86. The van der Waals surface area contributed by atoms with E-state index in [0.717, 1.165) is 22.2 Å². The molecule has 0 N–H and O–H groups in total. The van der Waals surface area contributed by atoms with Gasteiger partial charge in [-0.1, -0.05) is 15.9 Å². The van der Waals surface area contributed by atoms with E-state index in [1.807, 2.05) is 25.1 Å². The molecule has 1 aromatic rings. The Hall–Kier alpha value is -0.830. The fourth-order valence-corrected chi connectivity index (χ4v) is 1.75. The minimum Gasteiger partial charge on any atom is -0.494 e. The van der Waals surface area contributed by atoms with Crippen molar-refractivity contribution in [1.29, 1.82) is 0 Å². The van der Waals surface area contributed by atoms with E-state index in [0.29, 0.717) is 13.0 Å². The Balaban J connectivity index is 2.75. The van der Waals surface area contributed by atoms with Crippen molar-refractivity contribution in [2.45, 2.75) is 26.7 Å². The minimum atomic E-state index is 0.212. The van der Waals surface area contributed by atoms with Gasteiger partial charge in [0, 0.05) is 10.9 Å². The van der Waals surface area contributed by atoms with Crippen LogP contribution in [0.4, 0.5) is 0 Å². The molecule has 0 bridgehead atoms. The molecule has 0 saturated heterocycles. The molecular formula is C12H15BrO2. The number of hydrogen-bond acceptors (Lipinski definition) is 2. The number of halogens is 1. The van der Waals surface area contributed by atoms with Crippen LogP contribution in [-0.2, 0) is 11.2 Å². The molecule has 0 amide bonds. The van der Waals surface area contributed by atoms with E-state index in [9.17, 15) is 4.79 Å². The number of carbonyl (C=O) groups is 1. The van der Waals surface area contributed by atoms with Gasteiger partial charge in [0.1, 0.15) is 11.5 Å². The van der Waals surface area contributed by atoms with Crippen LogP contribution in [0, 0.1) is 0 Å². The molecule has 0 aliphatic rings. The van der Waals surface area contributed by atoms with Gasteiger partial charge in [0.25, 0.3) is 0 Å². The fraction of sp³-hybridized carbons (Fsp3) is 0.417. The first-order chi connectivity index (χ1) is 7.13. The quantitative estimate of drug-likeness (QED) is 0.820. The predicted molar refractivity (Wildman–Crippen MR) is 64.3 cm³/mol. The van der Waals surface area contributed by atoms with Gasteiger partial charge in [0.05, 0.1) is 6.61 Å². The van der Waals surface area contributed by atoms with Crippen molar-refractivity contribution in [3.8, 4) is 5.75 Å². The molecule has 0 aromatic heterocycles. The van der Waals surface area contributed by atoms with Gasteiger partial charge in [-0.2, -0.15) is 0 Å². The van der Waals surface area contributed by atoms with Gasteiger partial charge in [-0.3, -0.25) is 0 Å². The van der Waals surface area contributed by atoms with Crippen LogP contribution >= 0.6 is 15.9 Å². The number of ether oxygens (including phenoxy) is 1. The van der Waals surface area contributed by atoms with E-state index in [-0.39, 0.29) is 5.78 Å². The van der Waals surface area contributed by atoms with Crippen LogP contribution in [0.2, 0.25) is 0 Å². The van der Waals surface area contributed by atoms with Crippen molar-refractivity contribution in [3.05, 3.63) is 28.2 Å². The summed E-state index contributed by atoms with van der Waals surface area (Å²) >= 11 is 3.46. The van der Waals surface area contributed by atoms with Gasteiger partial charge in [-0.15, -0.1) is 0 Å². The summed E-state index contributed by atoms with van der Waals surface area (Å²) in [7, 11) is 0. The van der Waals surface area contributed by atoms with Crippen molar-refractivity contribution < 1.29 is 9.53 Å². The highest BCUT2D eigenvalue weighted by Crippen LogP contribution is 2.23. The molecule has 0 heterocycles. The van der Waals surface area contributed by atoms with E-state index >= 15 is 0 Å². The molecule has 0 saturated carbocycles. The lowest BCUT2D eigenvalue weighted by atomic mass is 10.1. The van der Waals surface area contributed by atoms with E-state index in [1.54, 1.807) is 6.92 Å². The molecule has 2 nitrogen and oxygen atoms in total. The number of carbonyl (C=O) groups excluding carboxylic acids is 1. The molecule has 1 rings (SSSR count). The highest BCUT2D eigenvalue weighted by molar-refractivity contribution is 9.10. The Morgan fingerprint density at radius 1 is 1.47 bits per heavy atom. The normalized spacial score (nSPS) is 10.1. The third-order valence-electron chi connectivity index (χ3n) is 2.07. The second-order valence-electron chi connectivity index (χ2n) is 3.39. The van der Waals surface area contributed by atoms with E-state index in [2.05, 4.69) is 15.9 Å². The first-order valence-electron chi connectivity index (χ1n) is 5.04. The lowest BCUT2D eigenvalue weighted by Crippen LogP contribution is -1.97. The lowest BCUT2D eigenvalue weighted by molar-refractivity contribution is -0.116. The number of hydrogen-bond donors (Lipinski definition) is 0. The van der Waals surface area contributed by atoms with Crippen molar-refractivity contribution in [3.63, 3.8) is 0 Å². The summed E-state index contributed by atoms with van der Waals surface area (Å²) in [6.45, 7) is 4.23. The van der Waals surface area contributed by atoms with Gasteiger partial charge >= 0.3 is 0 Å². The molecule has 1 aromatic carbocycles. The summed E-state index contributed by atoms with van der Waals surface area (Å²) in [5, 5.41) is 0. The van der Waals surface area contributed by atoms with Crippen LogP contribution in [0.1, 0.15) is 25.8 Å². The van der Waals surface area contributed by atoms with Gasteiger partial charge in [-0.25, -0.2) is 0 Å². The molecule has 0 aliphatic carbocycles. The Morgan fingerprint density at radius 3 is 2.80 bits per heavy atom. The van der Waals surface area contributed by atoms with E-state index in [1.165, 1.54) is 0 Å². The first kappa shape index (κ1) is 12.2. The fourth-order valence-electron chi connectivity index (χ4n) is 1.31. The molecule has 82 valence electrons. The third-order valence-corrected chi connectivity index (χ3v) is 2.85. The number of benzene rings is 1. The molecule has 0 aliphatic heterocycles. The van der Waals surface area contributed by atoms with Crippen LogP contribution < -0.4 is 4.74 Å². The van der Waals surface area contributed by atoms with Crippen molar-refractivity contribution >= 4 is 21.7 Å². The predicted octanol–water partition coefficient (Wildman–Crippen LogP) is 3.37. The van der Waals surface area contributed by atoms with E-state index < -0.39 is 0 Å². The van der Waals surface area contributed by atoms with Gasteiger partial charge in [-0.05, 0) is 44.0 Å². The monoisotopic (exact) mass is 270 g/mol. The maximum absolute atomic E-state index is 10.9. The average molecular weight is 271 g/mol. The Kier molecular flexibility index (Phi) is 4.82. The number of rotatable bonds is 5. The molecular weight excluding hydrogens is 256 g/mol. The second kappa shape index (κ2) is 5.91. The van der Waals surface area contributed by atoms with Gasteiger partial charge < -0.3 is 9.53 Å². The highest BCUT2D eigenvalue weighted by atomic mass is 79.9. The summed E-state index contributed by atoms with van der Waals surface area (Å²) in [5.41, 5.74) is 1.12. The summed E-state index contributed by atoms with van der Waals surface area (Å²) < 4.78 is 6.44. The van der Waals surface area contributed by atoms with Crippen LogP contribution in [0.25, 0.3) is 0 Å².